The number of ketones is 1. The highest BCUT2D eigenvalue weighted by atomic mass is 16.1. The van der Waals surface area contributed by atoms with Crippen molar-refractivity contribution in [3.05, 3.63) is 102 Å². The van der Waals surface area contributed by atoms with Crippen LogP contribution in [0, 0.1) is 0 Å². The van der Waals surface area contributed by atoms with E-state index in [0.29, 0.717) is 5.56 Å². The van der Waals surface area contributed by atoms with Crippen molar-refractivity contribution in [2.45, 2.75) is 26.3 Å². The van der Waals surface area contributed by atoms with Gasteiger partial charge in [-0.25, -0.2) is 0 Å². The van der Waals surface area contributed by atoms with E-state index in [1.807, 2.05) is 36.4 Å². The van der Waals surface area contributed by atoms with Gasteiger partial charge in [0.25, 0.3) is 0 Å². The zero-order valence-corrected chi connectivity index (χ0v) is 15.6. The quantitative estimate of drug-likeness (QED) is 0.447. The van der Waals surface area contributed by atoms with Crippen molar-refractivity contribution < 1.29 is 4.79 Å². The lowest BCUT2D eigenvalue weighted by molar-refractivity contribution is 0.103. The fourth-order valence-electron chi connectivity index (χ4n) is 3.74. The average Bonchev–Trinajstić information content (AvgIpc) is 3.03. The number of fused-ring (bicyclic) bond motifs is 1. The molecule has 0 radical (unpaired) electrons. The fraction of sp³-hybridized carbons (Fsp3) is 0.167. The summed E-state index contributed by atoms with van der Waals surface area (Å²) in [6.07, 6.45) is 3.34. The number of rotatable bonds is 5. The second-order valence-corrected chi connectivity index (χ2v) is 7.07. The van der Waals surface area contributed by atoms with Crippen LogP contribution in [0.3, 0.4) is 0 Å². The molecule has 0 aliphatic rings. The van der Waals surface area contributed by atoms with Crippen LogP contribution in [-0.4, -0.2) is 15.3 Å². The van der Waals surface area contributed by atoms with Crippen LogP contribution in [-0.2, 0) is 6.54 Å². The summed E-state index contributed by atoms with van der Waals surface area (Å²) in [5, 5.41) is 1.01. The van der Waals surface area contributed by atoms with Crippen molar-refractivity contribution in [2.24, 2.45) is 0 Å². The SMILES string of the molecule is CC(C)c1c(C(=O)c2cccnc2)c2ccccc2n1Cc1ccccc1. The van der Waals surface area contributed by atoms with Crippen LogP contribution >= 0.6 is 0 Å². The van der Waals surface area contributed by atoms with E-state index >= 15 is 0 Å². The molecule has 0 saturated heterocycles. The first-order chi connectivity index (χ1) is 13.2. The number of para-hydroxylation sites is 1. The average molecular weight is 354 g/mol. The lowest BCUT2D eigenvalue weighted by Crippen LogP contribution is -2.11. The van der Waals surface area contributed by atoms with Crippen LogP contribution in [0.2, 0.25) is 0 Å². The van der Waals surface area contributed by atoms with Gasteiger partial charge in [-0.05, 0) is 29.7 Å². The molecule has 0 bridgehead atoms. The van der Waals surface area contributed by atoms with Crippen LogP contribution in [0.5, 0.6) is 0 Å². The smallest absolute Gasteiger partial charge is 0.197 e. The molecule has 0 unspecified atom stereocenters. The van der Waals surface area contributed by atoms with E-state index in [1.54, 1.807) is 12.4 Å². The Morgan fingerprint density at radius 1 is 0.963 bits per heavy atom. The Morgan fingerprint density at radius 3 is 2.41 bits per heavy atom. The summed E-state index contributed by atoms with van der Waals surface area (Å²) in [6, 6.07) is 22.2. The number of nitrogens with zero attached hydrogens (tertiary/aromatic N) is 2. The maximum atomic E-state index is 13.4. The first-order valence-electron chi connectivity index (χ1n) is 9.26. The second-order valence-electron chi connectivity index (χ2n) is 7.07. The Kier molecular flexibility index (Phi) is 4.59. The van der Waals surface area contributed by atoms with E-state index in [0.717, 1.165) is 28.7 Å². The van der Waals surface area contributed by atoms with Gasteiger partial charge < -0.3 is 4.57 Å². The third-order valence-electron chi connectivity index (χ3n) is 4.89. The van der Waals surface area contributed by atoms with Crippen LogP contribution in [0.4, 0.5) is 0 Å². The maximum absolute atomic E-state index is 13.4. The first-order valence-corrected chi connectivity index (χ1v) is 9.26. The zero-order chi connectivity index (χ0) is 18.8. The molecule has 2 aromatic carbocycles. The molecule has 0 aliphatic carbocycles. The normalized spacial score (nSPS) is 11.2. The van der Waals surface area contributed by atoms with Gasteiger partial charge >= 0.3 is 0 Å². The lowest BCUT2D eigenvalue weighted by atomic mass is 9.96. The molecule has 3 nitrogen and oxygen atoms in total. The number of hydrogen-bond donors (Lipinski definition) is 0. The third-order valence-corrected chi connectivity index (χ3v) is 4.89. The minimum atomic E-state index is 0.0369. The first kappa shape index (κ1) is 17.2. The highest BCUT2D eigenvalue weighted by Gasteiger charge is 2.25. The molecule has 0 saturated carbocycles. The molecular formula is C24H22N2O. The zero-order valence-electron chi connectivity index (χ0n) is 15.6. The number of carbonyl (C=O) groups is 1. The van der Waals surface area contributed by atoms with Gasteiger partial charge in [-0.15, -0.1) is 0 Å². The van der Waals surface area contributed by atoms with Crippen LogP contribution in [0.15, 0.2) is 79.1 Å². The van der Waals surface area contributed by atoms with Crippen molar-refractivity contribution in [3.8, 4) is 0 Å². The van der Waals surface area contributed by atoms with Gasteiger partial charge in [0.1, 0.15) is 0 Å². The van der Waals surface area contributed by atoms with Gasteiger partial charge in [-0.3, -0.25) is 9.78 Å². The van der Waals surface area contributed by atoms with Crippen molar-refractivity contribution in [2.75, 3.05) is 0 Å². The third kappa shape index (κ3) is 3.17. The van der Waals surface area contributed by atoms with Crippen LogP contribution in [0.1, 0.15) is 46.9 Å². The number of aromatic nitrogens is 2. The molecule has 4 rings (SSSR count). The van der Waals surface area contributed by atoms with Gasteiger partial charge in [-0.2, -0.15) is 0 Å². The largest absolute Gasteiger partial charge is 0.339 e. The summed E-state index contributed by atoms with van der Waals surface area (Å²) in [4.78, 5) is 17.5. The number of pyridine rings is 1. The van der Waals surface area contributed by atoms with E-state index in [9.17, 15) is 4.79 Å². The molecule has 27 heavy (non-hydrogen) atoms. The monoisotopic (exact) mass is 354 g/mol. The second kappa shape index (κ2) is 7.20. The van der Waals surface area contributed by atoms with Crippen LogP contribution < -0.4 is 0 Å². The molecule has 3 heteroatoms. The maximum Gasteiger partial charge on any atom is 0.197 e. The summed E-state index contributed by atoms with van der Waals surface area (Å²) in [6.45, 7) is 5.04. The van der Waals surface area contributed by atoms with E-state index in [-0.39, 0.29) is 11.7 Å². The van der Waals surface area contributed by atoms with Crippen molar-refractivity contribution in [3.63, 3.8) is 0 Å². The minimum absolute atomic E-state index is 0.0369. The molecule has 0 spiro atoms. The van der Waals surface area contributed by atoms with Gasteiger partial charge in [0.05, 0.1) is 5.56 Å². The number of benzene rings is 2. The molecule has 2 aromatic heterocycles. The number of carbonyl (C=O) groups excluding carboxylic acids is 1. The molecule has 0 fully saturated rings. The fourth-order valence-corrected chi connectivity index (χ4v) is 3.74. The minimum Gasteiger partial charge on any atom is -0.339 e. The van der Waals surface area contributed by atoms with Gasteiger partial charge in [0, 0.05) is 41.1 Å². The topological polar surface area (TPSA) is 34.9 Å². The summed E-state index contributed by atoms with van der Waals surface area (Å²) in [7, 11) is 0. The molecule has 0 amide bonds. The summed E-state index contributed by atoms with van der Waals surface area (Å²) in [5.41, 5.74) is 4.82. The Morgan fingerprint density at radius 2 is 1.70 bits per heavy atom. The molecule has 0 atom stereocenters. The van der Waals surface area contributed by atoms with Gasteiger partial charge in [0.15, 0.2) is 5.78 Å². The van der Waals surface area contributed by atoms with E-state index in [1.165, 1.54) is 5.56 Å². The van der Waals surface area contributed by atoms with Crippen molar-refractivity contribution in [1.82, 2.24) is 9.55 Å². The summed E-state index contributed by atoms with van der Waals surface area (Å²) < 4.78 is 2.29. The Hall–Kier alpha value is -3.20. The van der Waals surface area contributed by atoms with Crippen molar-refractivity contribution >= 4 is 16.7 Å². The standard InChI is InChI=1S/C24H22N2O/c1-17(2)23-22(24(27)19-11-8-14-25-15-19)20-12-6-7-13-21(20)26(23)16-18-9-4-3-5-10-18/h3-15,17H,16H2,1-2H3. The predicted octanol–water partition coefficient (Wildman–Crippen LogP) is 5.44. The van der Waals surface area contributed by atoms with Crippen LogP contribution in [0.25, 0.3) is 10.9 Å². The molecule has 134 valence electrons. The Bertz CT molecular complexity index is 1080. The van der Waals surface area contributed by atoms with Gasteiger partial charge in [-0.1, -0.05) is 62.4 Å². The summed E-state index contributed by atoms with van der Waals surface area (Å²) in [5.74, 6) is 0.256. The Balaban J connectivity index is 1.96. The predicted molar refractivity (Wildman–Crippen MR) is 109 cm³/mol. The van der Waals surface area contributed by atoms with Gasteiger partial charge in [0.2, 0.25) is 0 Å². The summed E-state index contributed by atoms with van der Waals surface area (Å²) >= 11 is 0. The van der Waals surface area contributed by atoms with Crippen molar-refractivity contribution in [1.29, 1.82) is 0 Å². The molecule has 0 N–H and O–H groups in total. The lowest BCUT2D eigenvalue weighted by Gasteiger charge is -2.15. The molecule has 2 heterocycles. The highest BCUT2D eigenvalue weighted by molar-refractivity contribution is 6.17. The number of hydrogen-bond acceptors (Lipinski definition) is 2. The van der Waals surface area contributed by atoms with E-state index in [2.05, 4.69) is 53.7 Å². The van der Waals surface area contributed by atoms with E-state index < -0.39 is 0 Å². The highest BCUT2D eigenvalue weighted by Crippen LogP contribution is 2.33. The Labute approximate surface area is 159 Å². The molecule has 4 aromatic rings. The van der Waals surface area contributed by atoms with E-state index in [4.69, 9.17) is 0 Å². The molecular weight excluding hydrogens is 332 g/mol. The molecule has 0 aliphatic heterocycles.